The number of para-hydroxylation sites is 1. The van der Waals surface area contributed by atoms with Crippen LogP contribution < -0.4 is 5.32 Å². The smallest absolute Gasteiger partial charge is 0.245 e. The van der Waals surface area contributed by atoms with E-state index < -0.39 is 0 Å². The third-order valence-electron chi connectivity index (χ3n) is 3.81. The average Bonchev–Trinajstić information content (AvgIpc) is 2.80. The number of rotatable bonds is 1. The van der Waals surface area contributed by atoms with Crippen molar-refractivity contribution in [1.29, 1.82) is 0 Å². The molecule has 2 aliphatic rings. The number of ether oxygens (including phenoxy) is 1. The Hall–Kier alpha value is -1.55. The van der Waals surface area contributed by atoms with Crippen LogP contribution in [0.2, 0.25) is 0 Å². The van der Waals surface area contributed by atoms with Crippen LogP contribution in [-0.4, -0.2) is 42.1 Å². The molecular weight excluding hydrogens is 240 g/mol. The lowest BCUT2D eigenvalue weighted by molar-refractivity contribution is -0.146. The minimum atomic E-state index is -0.237. The second-order valence-corrected chi connectivity index (χ2v) is 5.93. The Kier molecular flexibility index (Phi) is 2.97. The monoisotopic (exact) mass is 260 g/mol. The first-order chi connectivity index (χ1) is 9.05. The van der Waals surface area contributed by atoms with Crippen LogP contribution in [0.5, 0.6) is 0 Å². The van der Waals surface area contributed by atoms with E-state index in [9.17, 15) is 4.79 Å². The first kappa shape index (κ1) is 12.5. The molecule has 4 heteroatoms. The van der Waals surface area contributed by atoms with Crippen LogP contribution in [-0.2, 0) is 16.0 Å². The van der Waals surface area contributed by atoms with Gasteiger partial charge >= 0.3 is 0 Å². The Morgan fingerprint density at radius 1 is 1.42 bits per heavy atom. The molecule has 0 bridgehead atoms. The third kappa shape index (κ3) is 2.45. The fourth-order valence-electron chi connectivity index (χ4n) is 2.87. The number of carbonyl (C=O) groups excluding carboxylic acids is 1. The molecule has 2 aliphatic heterocycles. The second-order valence-electron chi connectivity index (χ2n) is 5.93. The Bertz CT molecular complexity index is 474. The average molecular weight is 260 g/mol. The zero-order valence-corrected chi connectivity index (χ0v) is 11.5. The quantitative estimate of drug-likeness (QED) is 0.835. The van der Waals surface area contributed by atoms with Crippen molar-refractivity contribution in [3.05, 3.63) is 29.8 Å². The summed E-state index contributed by atoms with van der Waals surface area (Å²) >= 11 is 0. The molecular formula is C15H20N2O2. The number of benzene rings is 1. The number of amides is 1. The molecule has 1 saturated heterocycles. The van der Waals surface area contributed by atoms with Gasteiger partial charge in [-0.15, -0.1) is 0 Å². The first-order valence-corrected chi connectivity index (χ1v) is 6.82. The summed E-state index contributed by atoms with van der Waals surface area (Å²) < 4.78 is 5.66. The number of hydrogen-bond acceptors (Lipinski definition) is 3. The van der Waals surface area contributed by atoms with Gasteiger partial charge in [-0.1, -0.05) is 18.2 Å². The van der Waals surface area contributed by atoms with Crippen molar-refractivity contribution in [2.45, 2.75) is 31.9 Å². The number of carbonyl (C=O) groups is 1. The second kappa shape index (κ2) is 4.53. The standard InChI is InChI=1S/C15H20N2O2/c1-15(2)10-17(7-8-19-15)14(18)13-9-11-5-3-4-6-12(11)16-13/h3-6,13,16H,7-10H2,1-2H3/t13-/m0/s1. The fraction of sp³-hybridized carbons (Fsp3) is 0.533. The van der Waals surface area contributed by atoms with E-state index in [1.807, 2.05) is 36.9 Å². The number of nitrogens with one attached hydrogen (secondary N) is 1. The maximum absolute atomic E-state index is 12.6. The summed E-state index contributed by atoms with van der Waals surface area (Å²) in [4.78, 5) is 14.5. The van der Waals surface area contributed by atoms with Gasteiger partial charge in [-0.05, 0) is 25.5 Å². The number of hydrogen-bond donors (Lipinski definition) is 1. The maximum atomic E-state index is 12.6. The van der Waals surface area contributed by atoms with Crippen LogP contribution >= 0.6 is 0 Å². The normalized spacial score (nSPS) is 24.7. The van der Waals surface area contributed by atoms with Crippen molar-refractivity contribution in [1.82, 2.24) is 4.90 Å². The van der Waals surface area contributed by atoms with Crippen molar-refractivity contribution in [2.75, 3.05) is 25.0 Å². The predicted molar refractivity (Wildman–Crippen MR) is 74.2 cm³/mol. The molecule has 0 spiro atoms. The van der Waals surface area contributed by atoms with Crippen LogP contribution in [0.4, 0.5) is 5.69 Å². The lowest BCUT2D eigenvalue weighted by atomic mass is 10.1. The molecule has 0 aliphatic carbocycles. The molecule has 1 aromatic rings. The zero-order chi connectivity index (χ0) is 13.5. The van der Waals surface area contributed by atoms with Crippen LogP contribution in [0.3, 0.4) is 0 Å². The van der Waals surface area contributed by atoms with Crippen LogP contribution in [0.15, 0.2) is 24.3 Å². The number of fused-ring (bicyclic) bond motifs is 1. The SMILES string of the molecule is CC1(C)CN(C(=O)[C@@H]2Cc3ccccc3N2)CCO1. The van der Waals surface area contributed by atoms with Crippen molar-refractivity contribution in [3.63, 3.8) is 0 Å². The molecule has 1 fully saturated rings. The van der Waals surface area contributed by atoms with E-state index in [2.05, 4.69) is 11.4 Å². The molecule has 102 valence electrons. The molecule has 4 nitrogen and oxygen atoms in total. The molecule has 0 unspecified atom stereocenters. The Balaban J connectivity index is 1.70. The van der Waals surface area contributed by atoms with E-state index in [0.29, 0.717) is 19.7 Å². The van der Waals surface area contributed by atoms with E-state index in [4.69, 9.17) is 4.74 Å². The zero-order valence-electron chi connectivity index (χ0n) is 11.5. The highest BCUT2D eigenvalue weighted by Gasteiger charge is 2.35. The van der Waals surface area contributed by atoms with E-state index in [0.717, 1.165) is 12.1 Å². The van der Waals surface area contributed by atoms with Gasteiger partial charge in [-0.3, -0.25) is 4.79 Å². The Labute approximate surface area is 113 Å². The van der Waals surface area contributed by atoms with Crippen molar-refractivity contribution < 1.29 is 9.53 Å². The molecule has 1 N–H and O–H groups in total. The highest BCUT2D eigenvalue weighted by atomic mass is 16.5. The highest BCUT2D eigenvalue weighted by molar-refractivity contribution is 5.87. The molecule has 2 heterocycles. The number of nitrogens with zero attached hydrogens (tertiary/aromatic N) is 1. The van der Waals surface area contributed by atoms with Crippen molar-refractivity contribution in [2.24, 2.45) is 0 Å². The van der Waals surface area contributed by atoms with Gasteiger partial charge in [0.1, 0.15) is 6.04 Å². The van der Waals surface area contributed by atoms with Crippen molar-refractivity contribution >= 4 is 11.6 Å². The van der Waals surface area contributed by atoms with Gasteiger partial charge in [0.25, 0.3) is 0 Å². The molecule has 0 aromatic heterocycles. The largest absolute Gasteiger partial charge is 0.373 e. The molecule has 0 radical (unpaired) electrons. The summed E-state index contributed by atoms with van der Waals surface area (Å²) in [5.74, 6) is 0.188. The Morgan fingerprint density at radius 2 is 2.21 bits per heavy atom. The summed E-state index contributed by atoms with van der Waals surface area (Å²) in [6.45, 7) is 6.04. The summed E-state index contributed by atoms with van der Waals surface area (Å²) in [5.41, 5.74) is 2.08. The molecule has 1 atom stereocenters. The summed E-state index contributed by atoms with van der Waals surface area (Å²) in [5, 5.41) is 3.33. The third-order valence-corrected chi connectivity index (χ3v) is 3.81. The maximum Gasteiger partial charge on any atom is 0.245 e. The van der Waals surface area contributed by atoms with Crippen molar-refractivity contribution in [3.8, 4) is 0 Å². The molecule has 3 rings (SSSR count). The molecule has 19 heavy (non-hydrogen) atoms. The summed E-state index contributed by atoms with van der Waals surface area (Å²) in [6.07, 6.45) is 0.785. The minimum absolute atomic E-state index is 0.119. The predicted octanol–water partition coefficient (Wildman–Crippen LogP) is 1.66. The lowest BCUT2D eigenvalue weighted by Crippen LogP contribution is -2.54. The summed E-state index contributed by atoms with van der Waals surface area (Å²) in [7, 11) is 0. The fourth-order valence-corrected chi connectivity index (χ4v) is 2.87. The highest BCUT2D eigenvalue weighted by Crippen LogP contribution is 2.27. The van der Waals surface area contributed by atoms with Gasteiger partial charge in [0.05, 0.1) is 12.2 Å². The number of anilines is 1. The van der Waals surface area contributed by atoms with Gasteiger partial charge in [-0.25, -0.2) is 0 Å². The van der Waals surface area contributed by atoms with Crippen LogP contribution in [0, 0.1) is 0 Å². The van der Waals surface area contributed by atoms with Gasteiger partial charge in [0.2, 0.25) is 5.91 Å². The van der Waals surface area contributed by atoms with E-state index in [1.165, 1.54) is 5.56 Å². The minimum Gasteiger partial charge on any atom is -0.373 e. The molecule has 0 saturated carbocycles. The van der Waals surface area contributed by atoms with E-state index in [1.54, 1.807) is 0 Å². The first-order valence-electron chi connectivity index (χ1n) is 6.82. The van der Waals surface area contributed by atoms with Gasteiger partial charge in [-0.2, -0.15) is 0 Å². The van der Waals surface area contributed by atoms with E-state index in [-0.39, 0.29) is 17.6 Å². The number of morpholine rings is 1. The summed E-state index contributed by atoms with van der Waals surface area (Å²) in [6, 6.07) is 8.01. The molecule has 1 aromatic carbocycles. The van der Waals surface area contributed by atoms with Crippen LogP contribution in [0.25, 0.3) is 0 Å². The lowest BCUT2D eigenvalue weighted by Gasteiger charge is -2.39. The molecule has 1 amide bonds. The van der Waals surface area contributed by atoms with Gasteiger partial charge in [0, 0.05) is 25.2 Å². The topological polar surface area (TPSA) is 41.6 Å². The van der Waals surface area contributed by atoms with Gasteiger partial charge < -0.3 is 15.0 Å². The van der Waals surface area contributed by atoms with E-state index >= 15 is 0 Å². The van der Waals surface area contributed by atoms with Crippen LogP contribution in [0.1, 0.15) is 19.4 Å². The Morgan fingerprint density at radius 3 is 2.95 bits per heavy atom. The van der Waals surface area contributed by atoms with Gasteiger partial charge in [0.15, 0.2) is 0 Å².